The number of aromatic nitrogens is 3. The molecule has 0 amide bonds. The lowest BCUT2D eigenvalue weighted by atomic mass is 10.2. The van der Waals surface area contributed by atoms with Crippen LogP contribution in [0.15, 0.2) is 29.4 Å². The second-order valence-electron chi connectivity index (χ2n) is 4.14. The standard InChI is InChI=1S/C11H13FN4O3S/c1-7(11-13-6-14-15-11)16-20(18,19)10-3-2-8(5-17)4-9(10)12/h2-4,6-7,16-17H,5H2,1H3,(H,13,14,15). The zero-order valence-corrected chi connectivity index (χ0v) is 11.4. The Labute approximate surface area is 114 Å². The Morgan fingerprint density at radius 3 is 2.80 bits per heavy atom. The highest BCUT2D eigenvalue weighted by atomic mass is 32.2. The van der Waals surface area contributed by atoms with Crippen molar-refractivity contribution < 1.29 is 17.9 Å². The summed E-state index contributed by atoms with van der Waals surface area (Å²) in [5.74, 6) is -0.602. The van der Waals surface area contributed by atoms with Gasteiger partial charge >= 0.3 is 0 Å². The lowest BCUT2D eigenvalue weighted by Crippen LogP contribution is -2.28. The highest BCUT2D eigenvalue weighted by Gasteiger charge is 2.23. The van der Waals surface area contributed by atoms with E-state index in [1.807, 2.05) is 0 Å². The first-order valence-corrected chi connectivity index (χ1v) is 7.19. The third kappa shape index (κ3) is 3.00. The number of H-pyrrole nitrogens is 1. The van der Waals surface area contributed by atoms with Gasteiger partial charge < -0.3 is 5.11 Å². The van der Waals surface area contributed by atoms with Crippen LogP contribution in [-0.2, 0) is 16.6 Å². The van der Waals surface area contributed by atoms with Crippen molar-refractivity contribution in [2.75, 3.05) is 0 Å². The van der Waals surface area contributed by atoms with Crippen LogP contribution in [-0.4, -0.2) is 28.7 Å². The van der Waals surface area contributed by atoms with Crippen molar-refractivity contribution in [1.29, 1.82) is 0 Å². The van der Waals surface area contributed by atoms with Gasteiger partial charge in [-0.25, -0.2) is 22.5 Å². The predicted octanol–water partition coefficient (Wildman–Crippen LogP) is 0.476. The van der Waals surface area contributed by atoms with E-state index < -0.39 is 26.8 Å². The number of halogens is 1. The van der Waals surface area contributed by atoms with E-state index in [0.717, 1.165) is 12.1 Å². The van der Waals surface area contributed by atoms with E-state index in [-0.39, 0.29) is 6.61 Å². The molecule has 1 unspecified atom stereocenters. The molecule has 0 radical (unpaired) electrons. The summed E-state index contributed by atoms with van der Waals surface area (Å²) in [5.41, 5.74) is 0.296. The molecular weight excluding hydrogens is 287 g/mol. The van der Waals surface area contributed by atoms with E-state index in [1.165, 1.54) is 12.4 Å². The van der Waals surface area contributed by atoms with E-state index in [4.69, 9.17) is 5.11 Å². The minimum absolute atomic E-state index is 0.296. The maximum Gasteiger partial charge on any atom is 0.244 e. The van der Waals surface area contributed by atoms with Gasteiger partial charge in [-0.05, 0) is 24.6 Å². The molecule has 0 aliphatic carbocycles. The number of hydrogen-bond acceptors (Lipinski definition) is 5. The first-order chi connectivity index (χ1) is 9.44. The van der Waals surface area contributed by atoms with Gasteiger partial charge in [-0.1, -0.05) is 6.07 Å². The molecule has 0 saturated carbocycles. The fourth-order valence-electron chi connectivity index (χ4n) is 1.64. The zero-order valence-electron chi connectivity index (χ0n) is 10.5. The van der Waals surface area contributed by atoms with Crippen LogP contribution in [0.3, 0.4) is 0 Å². The number of hydrogen-bond donors (Lipinski definition) is 3. The number of benzene rings is 1. The number of aromatic amines is 1. The van der Waals surface area contributed by atoms with E-state index in [0.29, 0.717) is 11.4 Å². The van der Waals surface area contributed by atoms with Crippen molar-refractivity contribution in [3.8, 4) is 0 Å². The van der Waals surface area contributed by atoms with Gasteiger partial charge in [0.1, 0.15) is 22.9 Å². The Morgan fingerprint density at radius 2 is 2.25 bits per heavy atom. The number of rotatable bonds is 5. The largest absolute Gasteiger partial charge is 0.392 e. The molecule has 0 saturated heterocycles. The van der Waals surface area contributed by atoms with Crippen LogP contribution in [0, 0.1) is 5.82 Å². The van der Waals surface area contributed by atoms with Crippen molar-refractivity contribution in [2.45, 2.75) is 24.5 Å². The number of nitrogens with zero attached hydrogens (tertiary/aromatic N) is 2. The Balaban J connectivity index is 2.27. The summed E-state index contributed by atoms with van der Waals surface area (Å²) in [4.78, 5) is 3.34. The van der Waals surface area contributed by atoms with E-state index in [2.05, 4.69) is 19.9 Å². The fraction of sp³-hybridized carbons (Fsp3) is 0.273. The van der Waals surface area contributed by atoms with Crippen LogP contribution >= 0.6 is 0 Å². The molecule has 1 atom stereocenters. The van der Waals surface area contributed by atoms with Crippen LogP contribution in [0.1, 0.15) is 24.4 Å². The molecule has 0 aliphatic heterocycles. The minimum atomic E-state index is -4.04. The maximum atomic E-state index is 13.8. The second kappa shape index (κ2) is 5.65. The molecule has 7 nitrogen and oxygen atoms in total. The number of sulfonamides is 1. The Bertz CT molecular complexity index is 688. The highest BCUT2D eigenvalue weighted by Crippen LogP contribution is 2.18. The average Bonchev–Trinajstić information content (AvgIpc) is 2.91. The molecule has 3 N–H and O–H groups in total. The summed E-state index contributed by atoms with van der Waals surface area (Å²) in [6.45, 7) is 1.19. The molecule has 1 heterocycles. The molecular formula is C11H13FN4O3S. The van der Waals surface area contributed by atoms with Crippen LogP contribution in [0.2, 0.25) is 0 Å². The Hall–Kier alpha value is -1.84. The molecule has 108 valence electrons. The summed E-state index contributed by atoms with van der Waals surface area (Å²) >= 11 is 0. The van der Waals surface area contributed by atoms with Crippen molar-refractivity contribution in [2.24, 2.45) is 0 Å². The van der Waals surface area contributed by atoms with Gasteiger partial charge in [-0.2, -0.15) is 5.10 Å². The lowest BCUT2D eigenvalue weighted by Gasteiger charge is -2.12. The van der Waals surface area contributed by atoms with Gasteiger partial charge in [0.25, 0.3) is 0 Å². The van der Waals surface area contributed by atoms with Crippen LogP contribution in [0.25, 0.3) is 0 Å². The van der Waals surface area contributed by atoms with Crippen molar-refractivity contribution in [1.82, 2.24) is 19.9 Å². The van der Waals surface area contributed by atoms with Gasteiger partial charge in [0, 0.05) is 0 Å². The number of aliphatic hydroxyl groups excluding tert-OH is 1. The van der Waals surface area contributed by atoms with Crippen LogP contribution < -0.4 is 4.72 Å². The molecule has 0 spiro atoms. The molecule has 20 heavy (non-hydrogen) atoms. The monoisotopic (exact) mass is 300 g/mol. The smallest absolute Gasteiger partial charge is 0.244 e. The van der Waals surface area contributed by atoms with E-state index in [9.17, 15) is 12.8 Å². The summed E-state index contributed by atoms with van der Waals surface area (Å²) in [6, 6.07) is 2.75. The topological polar surface area (TPSA) is 108 Å². The van der Waals surface area contributed by atoms with Gasteiger partial charge in [0.05, 0.1) is 12.6 Å². The van der Waals surface area contributed by atoms with Crippen LogP contribution in [0.5, 0.6) is 0 Å². The van der Waals surface area contributed by atoms with Gasteiger partial charge in [0.2, 0.25) is 10.0 Å². The molecule has 9 heteroatoms. The second-order valence-corrected chi connectivity index (χ2v) is 5.82. The summed E-state index contributed by atoms with van der Waals surface area (Å²) < 4.78 is 40.2. The first kappa shape index (κ1) is 14.6. The first-order valence-electron chi connectivity index (χ1n) is 5.71. The molecule has 1 aromatic carbocycles. The summed E-state index contributed by atoms with van der Waals surface area (Å²) in [5, 5.41) is 15.0. The quantitative estimate of drug-likeness (QED) is 0.744. The third-order valence-electron chi connectivity index (χ3n) is 2.64. The Morgan fingerprint density at radius 1 is 1.50 bits per heavy atom. The number of nitrogens with one attached hydrogen (secondary N) is 2. The lowest BCUT2D eigenvalue weighted by molar-refractivity contribution is 0.281. The number of aliphatic hydroxyl groups is 1. The van der Waals surface area contributed by atoms with Crippen LogP contribution in [0.4, 0.5) is 4.39 Å². The molecule has 0 aliphatic rings. The molecule has 0 fully saturated rings. The van der Waals surface area contributed by atoms with Gasteiger partial charge in [0.15, 0.2) is 0 Å². The molecule has 1 aromatic heterocycles. The minimum Gasteiger partial charge on any atom is -0.392 e. The van der Waals surface area contributed by atoms with Gasteiger partial charge in [-0.3, -0.25) is 5.10 Å². The zero-order chi connectivity index (χ0) is 14.8. The van der Waals surface area contributed by atoms with E-state index in [1.54, 1.807) is 6.92 Å². The Kier molecular flexibility index (Phi) is 4.12. The molecule has 2 aromatic rings. The molecule has 2 rings (SSSR count). The fourth-order valence-corrected chi connectivity index (χ4v) is 2.90. The normalized spacial score (nSPS) is 13.3. The third-order valence-corrected chi connectivity index (χ3v) is 4.22. The van der Waals surface area contributed by atoms with E-state index >= 15 is 0 Å². The summed E-state index contributed by atoms with van der Waals surface area (Å²) in [7, 11) is -4.04. The van der Waals surface area contributed by atoms with Crippen molar-refractivity contribution in [3.63, 3.8) is 0 Å². The predicted molar refractivity (Wildman–Crippen MR) is 67.4 cm³/mol. The highest BCUT2D eigenvalue weighted by molar-refractivity contribution is 7.89. The SMILES string of the molecule is CC(NS(=O)(=O)c1ccc(CO)cc1F)c1ncn[nH]1. The van der Waals surface area contributed by atoms with Crippen molar-refractivity contribution >= 4 is 10.0 Å². The molecule has 0 bridgehead atoms. The average molecular weight is 300 g/mol. The summed E-state index contributed by atoms with van der Waals surface area (Å²) in [6.07, 6.45) is 1.25. The maximum absolute atomic E-state index is 13.8. The van der Waals surface area contributed by atoms with Crippen molar-refractivity contribution in [3.05, 3.63) is 41.7 Å². The van der Waals surface area contributed by atoms with Gasteiger partial charge in [-0.15, -0.1) is 0 Å².